The van der Waals surface area contributed by atoms with Crippen molar-refractivity contribution in [3.05, 3.63) is 91.7 Å². The molecule has 0 aliphatic heterocycles. The van der Waals surface area contributed by atoms with Gasteiger partial charge in [0.1, 0.15) is 5.75 Å². The summed E-state index contributed by atoms with van der Waals surface area (Å²) in [6, 6.07) is 15.7. The lowest BCUT2D eigenvalue weighted by Crippen LogP contribution is -2.36. The van der Waals surface area contributed by atoms with Gasteiger partial charge in [0, 0.05) is 9.86 Å². The van der Waals surface area contributed by atoms with Gasteiger partial charge in [0.15, 0.2) is 5.58 Å². The first-order valence-corrected chi connectivity index (χ1v) is 10.3. The molecule has 0 spiro atoms. The van der Waals surface area contributed by atoms with Gasteiger partial charge in [0.05, 0.1) is 21.3 Å². The standard InChI is InChI=1S/C22H14Br2N2O4/c1-11(16-8-14-6-15(23)10-18(24)20(14)30-22(16)29)25-26-21(28)17-7-12-4-2-3-5-13(12)9-19(17)27/h2-10,25,27H,1H2,(H,26,28). The second-order valence-corrected chi connectivity index (χ2v) is 8.30. The Balaban J connectivity index is 1.58. The Labute approximate surface area is 187 Å². The fraction of sp³-hybridized carbons (Fsp3) is 0. The maximum atomic E-state index is 12.5. The summed E-state index contributed by atoms with van der Waals surface area (Å²) < 4.78 is 6.82. The molecule has 3 N–H and O–H groups in total. The molecule has 0 unspecified atom stereocenters. The topological polar surface area (TPSA) is 91.6 Å². The smallest absolute Gasteiger partial charge is 0.345 e. The molecular formula is C22H14Br2N2O4. The van der Waals surface area contributed by atoms with Crippen molar-refractivity contribution in [2.45, 2.75) is 0 Å². The third-order valence-corrected chi connectivity index (χ3v) is 5.56. The van der Waals surface area contributed by atoms with E-state index < -0.39 is 11.5 Å². The maximum absolute atomic E-state index is 12.5. The van der Waals surface area contributed by atoms with Crippen LogP contribution in [0.15, 0.2) is 79.3 Å². The molecule has 1 amide bonds. The van der Waals surface area contributed by atoms with Crippen LogP contribution in [0.1, 0.15) is 15.9 Å². The number of amides is 1. The number of hydrogen-bond acceptors (Lipinski definition) is 5. The third-order valence-electron chi connectivity index (χ3n) is 4.51. The molecule has 3 aromatic carbocycles. The van der Waals surface area contributed by atoms with Crippen molar-refractivity contribution in [1.82, 2.24) is 10.9 Å². The Bertz CT molecular complexity index is 1400. The quantitative estimate of drug-likeness (QED) is 0.253. The molecule has 0 fully saturated rings. The molecule has 1 heterocycles. The predicted molar refractivity (Wildman–Crippen MR) is 123 cm³/mol. The van der Waals surface area contributed by atoms with Crippen LogP contribution >= 0.6 is 31.9 Å². The highest BCUT2D eigenvalue weighted by molar-refractivity contribution is 9.11. The fourth-order valence-corrected chi connectivity index (χ4v) is 4.38. The zero-order chi connectivity index (χ0) is 21.4. The number of benzene rings is 3. The lowest BCUT2D eigenvalue weighted by molar-refractivity contribution is 0.0940. The van der Waals surface area contributed by atoms with Gasteiger partial charge in [-0.25, -0.2) is 4.79 Å². The molecule has 30 heavy (non-hydrogen) atoms. The number of halogens is 2. The summed E-state index contributed by atoms with van der Waals surface area (Å²) in [5.41, 5.74) is 5.27. The summed E-state index contributed by atoms with van der Waals surface area (Å²) in [4.78, 5) is 24.9. The van der Waals surface area contributed by atoms with Crippen LogP contribution in [0.2, 0.25) is 0 Å². The number of rotatable bonds is 4. The number of hydrogen-bond donors (Lipinski definition) is 3. The molecule has 0 aliphatic carbocycles. The van der Waals surface area contributed by atoms with Crippen molar-refractivity contribution in [2.24, 2.45) is 0 Å². The Kier molecular flexibility index (Phi) is 5.36. The first kappa shape index (κ1) is 20.2. The van der Waals surface area contributed by atoms with Gasteiger partial charge in [-0.05, 0) is 57.0 Å². The normalized spacial score (nSPS) is 10.9. The van der Waals surface area contributed by atoms with Crippen molar-refractivity contribution < 1.29 is 14.3 Å². The van der Waals surface area contributed by atoms with E-state index in [9.17, 15) is 14.7 Å². The Hall–Kier alpha value is -3.10. The number of fused-ring (bicyclic) bond motifs is 2. The molecule has 8 heteroatoms. The van der Waals surface area contributed by atoms with Crippen molar-refractivity contribution >= 4 is 65.2 Å². The number of hydrazine groups is 1. The average molecular weight is 530 g/mol. The lowest BCUT2D eigenvalue weighted by Gasteiger charge is -2.12. The molecule has 4 rings (SSSR count). The molecule has 0 atom stereocenters. The van der Waals surface area contributed by atoms with E-state index in [0.29, 0.717) is 15.4 Å². The highest BCUT2D eigenvalue weighted by Gasteiger charge is 2.15. The highest BCUT2D eigenvalue weighted by Crippen LogP contribution is 2.29. The van der Waals surface area contributed by atoms with Gasteiger partial charge in [-0.2, -0.15) is 0 Å². The predicted octanol–water partition coefficient (Wildman–Crippen LogP) is 5.08. The van der Waals surface area contributed by atoms with Crippen LogP contribution in [-0.2, 0) is 0 Å². The van der Waals surface area contributed by atoms with Crippen LogP contribution in [0.25, 0.3) is 27.4 Å². The fourth-order valence-electron chi connectivity index (χ4n) is 3.04. The molecule has 0 bridgehead atoms. The second kappa shape index (κ2) is 7.97. The molecular weight excluding hydrogens is 516 g/mol. The van der Waals surface area contributed by atoms with Crippen LogP contribution in [0.4, 0.5) is 0 Å². The number of phenols is 1. The van der Waals surface area contributed by atoms with E-state index in [1.54, 1.807) is 24.3 Å². The molecule has 0 radical (unpaired) electrons. The van der Waals surface area contributed by atoms with Gasteiger partial charge < -0.3 is 9.52 Å². The van der Waals surface area contributed by atoms with E-state index >= 15 is 0 Å². The monoisotopic (exact) mass is 528 g/mol. The molecule has 1 aromatic heterocycles. The van der Waals surface area contributed by atoms with Crippen molar-refractivity contribution in [3.8, 4) is 5.75 Å². The minimum atomic E-state index is -0.606. The Morgan fingerprint density at radius 1 is 0.933 bits per heavy atom. The molecule has 0 saturated heterocycles. The van der Waals surface area contributed by atoms with Gasteiger partial charge in [0.25, 0.3) is 5.91 Å². The number of aromatic hydroxyl groups is 1. The maximum Gasteiger partial charge on any atom is 0.345 e. The summed E-state index contributed by atoms with van der Waals surface area (Å²) in [6.07, 6.45) is 0. The minimum absolute atomic E-state index is 0.0902. The Morgan fingerprint density at radius 2 is 1.60 bits per heavy atom. The molecule has 0 aliphatic rings. The van der Waals surface area contributed by atoms with E-state index in [4.69, 9.17) is 4.42 Å². The summed E-state index contributed by atoms with van der Waals surface area (Å²) in [7, 11) is 0. The first-order chi connectivity index (χ1) is 14.3. The van der Waals surface area contributed by atoms with E-state index in [-0.39, 0.29) is 22.6 Å². The third kappa shape index (κ3) is 3.83. The van der Waals surface area contributed by atoms with E-state index in [1.807, 2.05) is 24.3 Å². The largest absolute Gasteiger partial charge is 0.507 e. The van der Waals surface area contributed by atoms with Crippen molar-refractivity contribution in [2.75, 3.05) is 0 Å². The molecule has 0 saturated carbocycles. The van der Waals surface area contributed by atoms with Gasteiger partial charge >= 0.3 is 5.63 Å². The van der Waals surface area contributed by atoms with E-state index in [1.165, 1.54) is 6.07 Å². The summed E-state index contributed by atoms with van der Waals surface area (Å²) in [6.45, 7) is 3.80. The van der Waals surface area contributed by atoms with Gasteiger partial charge in [-0.3, -0.25) is 15.6 Å². The number of nitrogens with one attached hydrogen (secondary N) is 2. The van der Waals surface area contributed by atoms with Gasteiger partial charge in [-0.15, -0.1) is 0 Å². The lowest BCUT2D eigenvalue weighted by atomic mass is 10.1. The van der Waals surface area contributed by atoms with Crippen LogP contribution in [0.3, 0.4) is 0 Å². The molecule has 6 nitrogen and oxygen atoms in total. The van der Waals surface area contributed by atoms with E-state index in [2.05, 4.69) is 49.3 Å². The van der Waals surface area contributed by atoms with Gasteiger partial charge in [0.2, 0.25) is 0 Å². The SMILES string of the molecule is C=C(NNC(=O)c1cc2ccccc2cc1O)c1cc2cc(Br)cc(Br)c2oc1=O. The van der Waals surface area contributed by atoms with Crippen molar-refractivity contribution in [3.63, 3.8) is 0 Å². The highest BCUT2D eigenvalue weighted by atomic mass is 79.9. The second-order valence-electron chi connectivity index (χ2n) is 6.53. The first-order valence-electron chi connectivity index (χ1n) is 8.74. The number of phenolic OH excluding ortho intramolecular Hbond substituents is 1. The Morgan fingerprint density at radius 3 is 2.33 bits per heavy atom. The zero-order valence-corrected chi connectivity index (χ0v) is 18.5. The van der Waals surface area contributed by atoms with Crippen LogP contribution in [-0.4, -0.2) is 11.0 Å². The van der Waals surface area contributed by atoms with Crippen LogP contribution in [0.5, 0.6) is 5.75 Å². The molecule has 4 aromatic rings. The van der Waals surface area contributed by atoms with Gasteiger partial charge in [-0.1, -0.05) is 46.8 Å². The average Bonchev–Trinajstić information content (AvgIpc) is 2.71. The number of carbonyl (C=O) groups is 1. The van der Waals surface area contributed by atoms with Crippen molar-refractivity contribution in [1.29, 1.82) is 0 Å². The minimum Gasteiger partial charge on any atom is -0.507 e. The molecule has 150 valence electrons. The summed E-state index contributed by atoms with van der Waals surface area (Å²) in [5, 5.41) is 12.5. The zero-order valence-electron chi connectivity index (χ0n) is 15.3. The summed E-state index contributed by atoms with van der Waals surface area (Å²) >= 11 is 6.76. The van der Waals surface area contributed by atoms with Crippen LogP contribution in [0, 0.1) is 0 Å². The van der Waals surface area contributed by atoms with E-state index in [0.717, 1.165) is 15.2 Å². The number of carbonyl (C=O) groups excluding carboxylic acids is 1. The van der Waals surface area contributed by atoms with Crippen LogP contribution < -0.4 is 16.5 Å². The summed E-state index contributed by atoms with van der Waals surface area (Å²) in [5.74, 6) is -0.728.